The molecule has 2 rings (SSSR count). The average Bonchev–Trinajstić information content (AvgIpc) is 2.37. The van der Waals surface area contributed by atoms with Crippen molar-refractivity contribution in [1.82, 2.24) is 0 Å². The molecule has 0 amide bonds. The Balaban J connectivity index is 2.11. The lowest BCUT2D eigenvalue weighted by atomic mass is 10.2. The standard InChI is InChI=1S/C13H11FN2O3/c14-10-5-9(6-12(7-10)16(17)18)8-19-13-3-1-11(15)2-4-13/h1-7H,8,15H2. The Morgan fingerprint density at radius 3 is 2.53 bits per heavy atom. The highest BCUT2D eigenvalue weighted by Gasteiger charge is 2.10. The summed E-state index contributed by atoms with van der Waals surface area (Å²) >= 11 is 0. The third-order valence-corrected chi connectivity index (χ3v) is 2.44. The number of halogens is 1. The molecule has 2 aromatic rings. The molecule has 0 unspecified atom stereocenters. The fourth-order valence-electron chi connectivity index (χ4n) is 1.55. The van der Waals surface area contributed by atoms with Gasteiger partial charge >= 0.3 is 0 Å². The van der Waals surface area contributed by atoms with Crippen LogP contribution in [0.15, 0.2) is 42.5 Å². The maximum absolute atomic E-state index is 13.2. The molecule has 0 atom stereocenters. The van der Waals surface area contributed by atoms with E-state index in [0.717, 1.165) is 6.07 Å². The first-order valence-corrected chi connectivity index (χ1v) is 5.47. The lowest BCUT2D eigenvalue weighted by Gasteiger charge is -2.06. The number of ether oxygens (including phenoxy) is 1. The summed E-state index contributed by atoms with van der Waals surface area (Å²) < 4.78 is 18.6. The predicted molar refractivity (Wildman–Crippen MR) is 68.2 cm³/mol. The molecule has 98 valence electrons. The van der Waals surface area contributed by atoms with Gasteiger partial charge in [-0.3, -0.25) is 10.1 Å². The zero-order valence-electron chi connectivity index (χ0n) is 9.88. The number of nitro benzene ring substituents is 1. The highest BCUT2D eigenvalue weighted by atomic mass is 19.1. The van der Waals surface area contributed by atoms with E-state index in [9.17, 15) is 14.5 Å². The molecule has 0 saturated carbocycles. The summed E-state index contributed by atoms with van der Waals surface area (Å²) in [6, 6.07) is 10.0. The van der Waals surface area contributed by atoms with Crippen molar-refractivity contribution in [3.63, 3.8) is 0 Å². The quantitative estimate of drug-likeness (QED) is 0.522. The Morgan fingerprint density at radius 1 is 1.21 bits per heavy atom. The molecule has 0 aliphatic rings. The minimum absolute atomic E-state index is 0.0442. The van der Waals surface area contributed by atoms with E-state index in [1.807, 2.05) is 0 Å². The van der Waals surface area contributed by atoms with Gasteiger partial charge in [-0.25, -0.2) is 4.39 Å². The molecule has 19 heavy (non-hydrogen) atoms. The van der Waals surface area contributed by atoms with Crippen LogP contribution in [0, 0.1) is 15.9 Å². The van der Waals surface area contributed by atoms with Crippen LogP contribution in [0.5, 0.6) is 5.75 Å². The second-order valence-corrected chi connectivity index (χ2v) is 3.93. The number of non-ortho nitro benzene ring substituents is 1. The highest BCUT2D eigenvalue weighted by molar-refractivity contribution is 5.41. The summed E-state index contributed by atoms with van der Waals surface area (Å²) in [6.45, 7) is 0.0442. The third kappa shape index (κ3) is 3.41. The summed E-state index contributed by atoms with van der Waals surface area (Å²) in [6.07, 6.45) is 0. The Bertz CT molecular complexity index is 599. The van der Waals surface area contributed by atoms with Crippen molar-refractivity contribution in [1.29, 1.82) is 0 Å². The van der Waals surface area contributed by atoms with Crippen LogP contribution < -0.4 is 10.5 Å². The van der Waals surface area contributed by atoms with Gasteiger partial charge in [-0.1, -0.05) is 0 Å². The zero-order valence-corrected chi connectivity index (χ0v) is 9.88. The van der Waals surface area contributed by atoms with Crippen molar-refractivity contribution in [3.8, 4) is 5.75 Å². The normalized spacial score (nSPS) is 10.2. The van der Waals surface area contributed by atoms with E-state index >= 15 is 0 Å². The number of nitro groups is 1. The maximum atomic E-state index is 13.2. The van der Waals surface area contributed by atoms with Crippen LogP contribution in [0.2, 0.25) is 0 Å². The third-order valence-electron chi connectivity index (χ3n) is 2.44. The van der Waals surface area contributed by atoms with Gasteiger partial charge in [0.15, 0.2) is 0 Å². The lowest BCUT2D eigenvalue weighted by Crippen LogP contribution is -1.98. The highest BCUT2D eigenvalue weighted by Crippen LogP contribution is 2.19. The number of nitrogens with zero attached hydrogens (tertiary/aromatic N) is 1. The maximum Gasteiger partial charge on any atom is 0.272 e. The topological polar surface area (TPSA) is 78.4 Å². The van der Waals surface area contributed by atoms with Crippen LogP contribution in [0.4, 0.5) is 15.8 Å². The molecule has 0 aliphatic heterocycles. The van der Waals surface area contributed by atoms with Crippen LogP contribution in [0.25, 0.3) is 0 Å². The molecule has 0 saturated heterocycles. The summed E-state index contributed by atoms with van der Waals surface area (Å²) in [5.74, 6) is -0.105. The largest absolute Gasteiger partial charge is 0.489 e. The number of benzene rings is 2. The number of nitrogen functional groups attached to an aromatic ring is 1. The number of nitrogens with two attached hydrogens (primary N) is 1. The van der Waals surface area contributed by atoms with Crippen molar-refractivity contribution < 1.29 is 14.1 Å². The van der Waals surface area contributed by atoms with Gasteiger partial charge < -0.3 is 10.5 Å². The van der Waals surface area contributed by atoms with E-state index in [0.29, 0.717) is 17.0 Å². The van der Waals surface area contributed by atoms with Gasteiger partial charge in [0, 0.05) is 11.8 Å². The zero-order chi connectivity index (χ0) is 13.8. The van der Waals surface area contributed by atoms with Crippen LogP contribution in [-0.2, 0) is 6.61 Å². The molecule has 5 nitrogen and oxygen atoms in total. The Labute approximate surface area is 108 Å². The van der Waals surface area contributed by atoms with E-state index in [1.165, 1.54) is 12.1 Å². The fourth-order valence-corrected chi connectivity index (χ4v) is 1.55. The smallest absolute Gasteiger partial charge is 0.272 e. The lowest BCUT2D eigenvalue weighted by molar-refractivity contribution is -0.385. The predicted octanol–water partition coefficient (Wildman–Crippen LogP) is 2.90. The van der Waals surface area contributed by atoms with E-state index < -0.39 is 10.7 Å². The van der Waals surface area contributed by atoms with Gasteiger partial charge in [0.1, 0.15) is 18.2 Å². The van der Waals surface area contributed by atoms with Crippen LogP contribution in [-0.4, -0.2) is 4.92 Å². The molecular formula is C13H11FN2O3. The number of anilines is 1. The summed E-state index contributed by atoms with van der Waals surface area (Å²) in [5.41, 5.74) is 6.23. The van der Waals surface area contributed by atoms with Gasteiger partial charge in [-0.15, -0.1) is 0 Å². The van der Waals surface area contributed by atoms with Crippen molar-refractivity contribution in [3.05, 3.63) is 64.0 Å². The Hall–Kier alpha value is -2.63. The number of hydrogen-bond donors (Lipinski definition) is 1. The van der Waals surface area contributed by atoms with E-state index in [1.54, 1.807) is 24.3 Å². The molecule has 0 fully saturated rings. The van der Waals surface area contributed by atoms with Crippen LogP contribution in [0.1, 0.15) is 5.56 Å². The molecule has 0 spiro atoms. The Morgan fingerprint density at radius 2 is 1.89 bits per heavy atom. The van der Waals surface area contributed by atoms with E-state index in [4.69, 9.17) is 10.5 Å². The second-order valence-electron chi connectivity index (χ2n) is 3.93. The average molecular weight is 262 g/mol. The van der Waals surface area contributed by atoms with Crippen molar-refractivity contribution >= 4 is 11.4 Å². The molecule has 0 bridgehead atoms. The monoisotopic (exact) mass is 262 g/mol. The number of rotatable bonds is 4. The molecule has 2 N–H and O–H groups in total. The molecule has 0 aliphatic carbocycles. The minimum Gasteiger partial charge on any atom is -0.489 e. The van der Waals surface area contributed by atoms with Crippen molar-refractivity contribution in [2.24, 2.45) is 0 Å². The summed E-state index contributed by atoms with van der Waals surface area (Å²) in [7, 11) is 0. The second kappa shape index (κ2) is 5.34. The van der Waals surface area contributed by atoms with E-state index in [-0.39, 0.29) is 12.3 Å². The molecule has 6 heteroatoms. The molecule has 0 heterocycles. The first-order chi connectivity index (χ1) is 9.04. The van der Waals surface area contributed by atoms with Crippen LogP contribution >= 0.6 is 0 Å². The Kier molecular flexibility index (Phi) is 3.61. The summed E-state index contributed by atoms with van der Waals surface area (Å²) in [4.78, 5) is 9.96. The van der Waals surface area contributed by atoms with Crippen LogP contribution in [0.3, 0.4) is 0 Å². The van der Waals surface area contributed by atoms with Gasteiger partial charge in [-0.05, 0) is 35.9 Å². The minimum atomic E-state index is -0.662. The SMILES string of the molecule is Nc1ccc(OCc2cc(F)cc([N+](=O)[O-])c2)cc1. The fraction of sp³-hybridized carbons (Fsp3) is 0.0769. The van der Waals surface area contributed by atoms with Crippen molar-refractivity contribution in [2.75, 3.05) is 5.73 Å². The molecule has 0 radical (unpaired) electrons. The van der Waals surface area contributed by atoms with E-state index in [2.05, 4.69) is 0 Å². The molecule has 0 aromatic heterocycles. The van der Waals surface area contributed by atoms with Gasteiger partial charge in [0.2, 0.25) is 0 Å². The summed E-state index contributed by atoms with van der Waals surface area (Å²) in [5, 5.41) is 10.6. The molecular weight excluding hydrogens is 251 g/mol. The van der Waals surface area contributed by atoms with Gasteiger partial charge in [0.25, 0.3) is 5.69 Å². The van der Waals surface area contributed by atoms with Gasteiger partial charge in [-0.2, -0.15) is 0 Å². The number of hydrogen-bond acceptors (Lipinski definition) is 4. The van der Waals surface area contributed by atoms with Gasteiger partial charge in [0.05, 0.1) is 11.0 Å². The first-order valence-electron chi connectivity index (χ1n) is 5.47. The first kappa shape index (κ1) is 12.8. The van der Waals surface area contributed by atoms with Crippen molar-refractivity contribution in [2.45, 2.75) is 6.61 Å². The molecule has 2 aromatic carbocycles.